The molecule has 1 amide bonds. The van der Waals surface area contributed by atoms with Crippen LogP contribution in [0.4, 0.5) is 10.1 Å². The Morgan fingerprint density at radius 1 is 1.00 bits per heavy atom. The molecule has 1 fully saturated rings. The summed E-state index contributed by atoms with van der Waals surface area (Å²) in [6.07, 6.45) is 0. The maximum absolute atomic E-state index is 12.9. The Morgan fingerprint density at radius 3 is 2.26 bits per heavy atom. The van der Waals surface area contributed by atoms with Gasteiger partial charge in [-0.05, 0) is 29.8 Å². The third-order valence-electron chi connectivity index (χ3n) is 3.30. The lowest BCUT2D eigenvalue weighted by Gasteiger charge is -2.42. The van der Waals surface area contributed by atoms with Crippen molar-refractivity contribution in [2.75, 3.05) is 4.90 Å². The summed E-state index contributed by atoms with van der Waals surface area (Å²) in [4.78, 5) is 13.6. The molecule has 94 valence electrons. The molecule has 2 nitrogen and oxygen atoms in total. The fourth-order valence-corrected chi connectivity index (χ4v) is 2.33. The third kappa shape index (κ3) is 1.83. The SMILES string of the molecule is C=C1C(=O)N(c2ccc(F)cc2)[C@H]1c1ccccc1. The minimum Gasteiger partial charge on any atom is -0.297 e. The first kappa shape index (κ1) is 11.7. The molecule has 1 aliphatic rings. The summed E-state index contributed by atoms with van der Waals surface area (Å²) in [5.41, 5.74) is 2.26. The van der Waals surface area contributed by atoms with E-state index in [9.17, 15) is 9.18 Å². The summed E-state index contributed by atoms with van der Waals surface area (Å²) in [7, 11) is 0. The number of hydrogen-bond acceptors (Lipinski definition) is 1. The highest BCUT2D eigenvalue weighted by Gasteiger charge is 2.42. The van der Waals surface area contributed by atoms with Crippen LogP contribution in [0.15, 0.2) is 66.7 Å². The fraction of sp³-hybridized carbons (Fsp3) is 0.0625. The Labute approximate surface area is 110 Å². The van der Waals surface area contributed by atoms with Gasteiger partial charge in [0.1, 0.15) is 5.82 Å². The van der Waals surface area contributed by atoms with Gasteiger partial charge in [0.25, 0.3) is 5.91 Å². The molecule has 0 bridgehead atoms. The number of amides is 1. The summed E-state index contributed by atoms with van der Waals surface area (Å²) < 4.78 is 12.9. The minimum absolute atomic E-state index is 0.111. The van der Waals surface area contributed by atoms with Crippen LogP contribution in [0.3, 0.4) is 0 Å². The molecule has 0 aliphatic carbocycles. The molecule has 1 saturated heterocycles. The summed E-state index contributed by atoms with van der Waals surface area (Å²) in [5, 5.41) is 0. The van der Waals surface area contributed by atoms with Crippen LogP contribution in [-0.4, -0.2) is 5.91 Å². The van der Waals surface area contributed by atoms with E-state index in [2.05, 4.69) is 6.58 Å². The summed E-state index contributed by atoms with van der Waals surface area (Å²) in [6.45, 7) is 3.83. The minimum atomic E-state index is -0.313. The maximum Gasteiger partial charge on any atom is 0.256 e. The number of nitrogens with zero attached hydrogens (tertiary/aromatic N) is 1. The fourth-order valence-electron chi connectivity index (χ4n) is 2.33. The maximum atomic E-state index is 12.9. The molecular weight excluding hydrogens is 241 g/mol. The lowest BCUT2D eigenvalue weighted by molar-refractivity contribution is -0.118. The lowest BCUT2D eigenvalue weighted by Crippen LogP contribution is -2.48. The molecule has 1 heterocycles. The van der Waals surface area contributed by atoms with E-state index >= 15 is 0 Å². The van der Waals surface area contributed by atoms with Gasteiger partial charge >= 0.3 is 0 Å². The first-order valence-corrected chi connectivity index (χ1v) is 6.01. The quantitative estimate of drug-likeness (QED) is 0.592. The largest absolute Gasteiger partial charge is 0.297 e. The molecule has 0 saturated carbocycles. The molecule has 3 heteroatoms. The molecule has 19 heavy (non-hydrogen) atoms. The van der Waals surface area contributed by atoms with Gasteiger partial charge in [0.15, 0.2) is 0 Å². The van der Waals surface area contributed by atoms with E-state index in [-0.39, 0.29) is 17.8 Å². The number of benzene rings is 2. The number of β-lactam (4-membered cyclic amide) rings is 1. The highest BCUT2D eigenvalue weighted by atomic mass is 19.1. The molecule has 3 rings (SSSR count). The highest BCUT2D eigenvalue weighted by Crippen LogP contribution is 2.41. The van der Waals surface area contributed by atoms with Crippen molar-refractivity contribution in [3.8, 4) is 0 Å². The normalized spacial score (nSPS) is 18.4. The second-order valence-electron chi connectivity index (χ2n) is 4.49. The van der Waals surface area contributed by atoms with Crippen LogP contribution in [0, 0.1) is 5.82 Å². The van der Waals surface area contributed by atoms with Gasteiger partial charge < -0.3 is 0 Å². The van der Waals surface area contributed by atoms with Crippen molar-refractivity contribution >= 4 is 11.6 Å². The van der Waals surface area contributed by atoms with Crippen LogP contribution in [0.25, 0.3) is 0 Å². The van der Waals surface area contributed by atoms with Crippen molar-refractivity contribution < 1.29 is 9.18 Å². The Hall–Kier alpha value is -2.42. The summed E-state index contributed by atoms with van der Waals surface area (Å²) in [5.74, 6) is -0.424. The number of halogens is 1. The third-order valence-corrected chi connectivity index (χ3v) is 3.30. The first-order chi connectivity index (χ1) is 9.18. The van der Waals surface area contributed by atoms with Crippen molar-refractivity contribution in [1.29, 1.82) is 0 Å². The van der Waals surface area contributed by atoms with Crippen molar-refractivity contribution in [3.05, 3.63) is 78.1 Å². The molecule has 1 aliphatic heterocycles. The number of carbonyl (C=O) groups excluding carboxylic acids is 1. The lowest BCUT2D eigenvalue weighted by atomic mass is 9.88. The second-order valence-corrected chi connectivity index (χ2v) is 4.49. The topological polar surface area (TPSA) is 20.3 Å². The number of hydrogen-bond donors (Lipinski definition) is 0. The molecule has 2 aromatic rings. The van der Waals surface area contributed by atoms with E-state index in [1.54, 1.807) is 17.0 Å². The van der Waals surface area contributed by atoms with Crippen LogP contribution in [0.1, 0.15) is 11.6 Å². The van der Waals surface area contributed by atoms with Crippen LogP contribution in [-0.2, 0) is 4.79 Å². The predicted molar refractivity (Wildman–Crippen MR) is 72.2 cm³/mol. The van der Waals surface area contributed by atoms with Crippen molar-refractivity contribution in [1.82, 2.24) is 0 Å². The van der Waals surface area contributed by atoms with Crippen LogP contribution in [0.5, 0.6) is 0 Å². The average Bonchev–Trinajstić information content (AvgIpc) is 2.46. The van der Waals surface area contributed by atoms with E-state index in [0.717, 1.165) is 5.56 Å². The predicted octanol–water partition coefficient (Wildman–Crippen LogP) is 3.47. The van der Waals surface area contributed by atoms with E-state index < -0.39 is 0 Å². The van der Waals surface area contributed by atoms with Crippen molar-refractivity contribution in [3.63, 3.8) is 0 Å². The Bertz CT molecular complexity index is 634. The monoisotopic (exact) mass is 253 g/mol. The molecule has 2 aromatic carbocycles. The van der Waals surface area contributed by atoms with Crippen LogP contribution < -0.4 is 4.90 Å². The molecule has 0 spiro atoms. The molecular formula is C16H12FNO. The van der Waals surface area contributed by atoms with Gasteiger partial charge in [-0.3, -0.25) is 9.69 Å². The van der Waals surface area contributed by atoms with E-state index in [1.807, 2.05) is 30.3 Å². The number of rotatable bonds is 2. The molecule has 0 N–H and O–H groups in total. The molecule has 0 unspecified atom stereocenters. The zero-order valence-electron chi connectivity index (χ0n) is 10.2. The van der Waals surface area contributed by atoms with Gasteiger partial charge in [-0.25, -0.2) is 4.39 Å². The number of anilines is 1. The van der Waals surface area contributed by atoms with Crippen molar-refractivity contribution in [2.45, 2.75) is 6.04 Å². The van der Waals surface area contributed by atoms with Gasteiger partial charge in [0, 0.05) is 11.3 Å². The van der Waals surface area contributed by atoms with Gasteiger partial charge in [0.05, 0.1) is 6.04 Å². The van der Waals surface area contributed by atoms with Crippen LogP contribution >= 0.6 is 0 Å². The first-order valence-electron chi connectivity index (χ1n) is 6.01. The molecule has 0 aromatic heterocycles. The number of carbonyl (C=O) groups is 1. The zero-order chi connectivity index (χ0) is 13.4. The van der Waals surface area contributed by atoms with Crippen LogP contribution in [0.2, 0.25) is 0 Å². The van der Waals surface area contributed by atoms with Crippen molar-refractivity contribution in [2.24, 2.45) is 0 Å². The molecule has 0 radical (unpaired) electrons. The Kier molecular flexibility index (Phi) is 2.67. The highest BCUT2D eigenvalue weighted by molar-refractivity contribution is 6.14. The molecule has 1 atom stereocenters. The Morgan fingerprint density at radius 2 is 1.63 bits per heavy atom. The van der Waals surface area contributed by atoms with E-state index in [1.165, 1.54) is 12.1 Å². The average molecular weight is 253 g/mol. The zero-order valence-corrected chi connectivity index (χ0v) is 10.2. The second kappa shape index (κ2) is 4.35. The smallest absolute Gasteiger partial charge is 0.256 e. The summed E-state index contributed by atoms with van der Waals surface area (Å²) in [6, 6.07) is 15.5. The Balaban J connectivity index is 1.98. The van der Waals surface area contributed by atoms with Gasteiger partial charge in [-0.1, -0.05) is 36.9 Å². The van der Waals surface area contributed by atoms with E-state index in [4.69, 9.17) is 0 Å². The standard InChI is InChI=1S/C16H12FNO/c1-11-15(12-5-3-2-4-6-12)18(16(11)19)14-9-7-13(17)8-10-14/h2-10,15H,1H2/t15-/m1/s1. The van der Waals surface area contributed by atoms with Gasteiger partial charge in [0.2, 0.25) is 0 Å². The van der Waals surface area contributed by atoms with E-state index in [0.29, 0.717) is 11.3 Å². The van der Waals surface area contributed by atoms with Gasteiger partial charge in [-0.15, -0.1) is 0 Å². The van der Waals surface area contributed by atoms with Gasteiger partial charge in [-0.2, -0.15) is 0 Å². The summed E-state index contributed by atoms with van der Waals surface area (Å²) >= 11 is 0.